The van der Waals surface area contributed by atoms with E-state index in [1.807, 2.05) is 31.9 Å². The predicted molar refractivity (Wildman–Crippen MR) is 50.4 cm³/mol. The molecule has 0 spiro atoms. The Kier molecular flexibility index (Phi) is 2.71. The minimum absolute atomic E-state index is 0.522. The Hall–Kier alpha value is -1.75. The van der Waals surface area contributed by atoms with Gasteiger partial charge in [0, 0.05) is 5.92 Å². The SMILES string of the molecule is C#CC(=O)Oc1ccc(C)cc1C. The second kappa shape index (κ2) is 3.77. The monoisotopic (exact) mass is 174 g/mol. The molecule has 0 aliphatic carbocycles. The van der Waals surface area contributed by atoms with Gasteiger partial charge in [-0.05, 0) is 25.5 Å². The summed E-state index contributed by atoms with van der Waals surface area (Å²) in [6, 6.07) is 5.53. The van der Waals surface area contributed by atoms with E-state index in [9.17, 15) is 4.79 Å². The maximum atomic E-state index is 10.8. The standard InChI is InChI=1S/C11H10O2/c1-4-11(12)13-10-6-5-8(2)7-9(10)3/h1,5-7H,2-3H3. The molecular weight excluding hydrogens is 164 g/mol. The van der Waals surface area contributed by atoms with Crippen LogP contribution in [0, 0.1) is 26.2 Å². The van der Waals surface area contributed by atoms with Crippen molar-refractivity contribution in [3.05, 3.63) is 29.3 Å². The van der Waals surface area contributed by atoms with Gasteiger partial charge < -0.3 is 4.74 Å². The van der Waals surface area contributed by atoms with Crippen LogP contribution < -0.4 is 4.74 Å². The van der Waals surface area contributed by atoms with Crippen LogP contribution in [0.3, 0.4) is 0 Å². The summed E-state index contributed by atoms with van der Waals surface area (Å²) in [6.07, 6.45) is 4.88. The maximum Gasteiger partial charge on any atom is 0.389 e. The normalized spacial score (nSPS) is 9.00. The van der Waals surface area contributed by atoms with E-state index in [4.69, 9.17) is 11.2 Å². The summed E-state index contributed by atoms with van der Waals surface area (Å²) in [4.78, 5) is 10.8. The summed E-state index contributed by atoms with van der Waals surface area (Å²) < 4.78 is 4.87. The molecule has 0 amide bonds. The van der Waals surface area contributed by atoms with Crippen molar-refractivity contribution in [2.75, 3.05) is 0 Å². The zero-order chi connectivity index (χ0) is 9.84. The summed E-state index contributed by atoms with van der Waals surface area (Å²) in [5.41, 5.74) is 2.03. The summed E-state index contributed by atoms with van der Waals surface area (Å²) in [5, 5.41) is 0. The lowest BCUT2D eigenvalue weighted by molar-refractivity contribution is -0.128. The van der Waals surface area contributed by atoms with Crippen LogP contribution in [-0.4, -0.2) is 5.97 Å². The molecule has 2 heteroatoms. The van der Waals surface area contributed by atoms with Crippen LogP contribution in [0.15, 0.2) is 18.2 Å². The highest BCUT2D eigenvalue weighted by Crippen LogP contribution is 2.18. The quantitative estimate of drug-likeness (QED) is 0.281. The zero-order valence-corrected chi connectivity index (χ0v) is 7.63. The number of aryl methyl sites for hydroxylation is 2. The molecule has 1 aromatic carbocycles. The van der Waals surface area contributed by atoms with Crippen LogP contribution in [-0.2, 0) is 4.79 Å². The third kappa shape index (κ3) is 2.34. The van der Waals surface area contributed by atoms with E-state index in [1.165, 1.54) is 0 Å². The third-order valence-electron chi connectivity index (χ3n) is 1.65. The molecule has 0 aliphatic heterocycles. The molecule has 2 nitrogen and oxygen atoms in total. The van der Waals surface area contributed by atoms with Crippen LogP contribution in [0.1, 0.15) is 11.1 Å². The number of ether oxygens (including phenoxy) is 1. The third-order valence-corrected chi connectivity index (χ3v) is 1.65. The van der Waals surface area contributed by atoms with Crippen molar-refractivity contribution in [1.29, 1.82) is 0 Å². The van der Waals surface area contributed by atoms with E-state index in [1.54, 1.807) is 6.07 Å². The van der Waals surface area contributed by atoms with Gasteiger partial charge in [-0.3, -0.25) is 0 Å². The van der Waals surface area contributed by atoms with Gasteiger partial charge in [0.1, 0.15) is 5.75 Å². The first-order valence-electron chi connectivity index (χ1n) is 3.89. The van der Waals surface area contributed by atoms with E-state index in [0.29, 0.717) is 5.75 Å². The highest BCUT2D eigenvalue weighted by molar-refractivity contribution is 5.89. The van der Waals surface area contributed by atoms with Crippen molar-refractivity contribution in [2.24, 2.45) is 0 Å². The van der Waals surface area contributed by atoms with Gasteiger partial charge in [-0.2, -0.15) is 0 Å². The minimum Gasteiger partial charge on any atom is -0.417 e. The van der Waals surface area contributed by atoms with Gasteiger partial charge in [0.15, 0.2) is 0 Å². The minimum atomic E-state index is -0.660. The lowest BCUT2D eigenvalue weighted by Crippen LogP contribution is -2.04. The molecule has 0 atom stereocenters. The molecule has 0 saturated carbocycles. The van der Waals surface area contributed by atoms with Crippen LogP contribution >= 0.6 is 0 Å². The lowest BCUT2D eigenvalue weighted by atomic mass is 10.1. The summed E-state index contributed by atoms with van der Waals surface area (Å²) in [7, 11) is 0. The molecule has 0 unspecified atom stereocenters. The van der Waals surface area contributed by atoms with E-state index in [2.05, 4.69) is 0 Å². The van der Waals surface area contributed by atoms with Gasteiger partial charge in [0.25, 0.3) is 0 Å². The van der Waals surface area contributed by atoms with Gasteiger partial charge in [-0.1, -0.05) is 17.7 Å². The first kappa shape index (κ1) is 9.34. The van der Waals surface area contributed by atoms with Gasteiger partial charge in [-0.25, -0.2) is 4.79 Å². The van der Waals surface area contributed by atoms with Crippen LogP contribution in [0.2, 0.25) is 0 Å². The van der Waals surface area contributed by atoms with Crippen LogP contribution in [0.4, 0.5) is 0 Å². The number of carbonyl (C=O) groups excluding carboxylic acids is 1. The largest absolute Gasteiger partial charge is 0.417 e. The Balaban J connectivity index is 2.91. The van der Waals surface area contributed by atoms with Gasteiger partial charge in [0.2, 0.25) is 0 Å². The number of esters is 1. The summed E-state index contributed by atoms with van der Waals surface area (Å²) in [5.74, 6) is 1.76. The Morgan fingerprint density at radius 3 is 2.69 bits per heavy atom. The Morgan fingerprint density at radius 2 is 2.15 bits per heavy atom. The molecule has 0 N–H and O–H groups in total. The molecule has 1 aromatic rings. The van der Waals surface area contributed by atoms with Gasteiger partial charge >= 0.3 is 5.97 Å². The molecule has 0 aromatic heterocycles. The molecule has 0 saturated heterocycles. The maximum absolute atomic E-state index is 10.8. The molecule has 0 fully saturated rings. The van der Waals surface area contributed by atoms with Gasteiger partial charge in [0.05, 0.1) is 0 Å². The first-order chi connectivity index (χ1) is 6.13. The number of benzene rings is 1. The van der Waals surface area contributed by atoms with Gasteiger partial charge in [-0.15, -0.1) is 6.42 Å². The highest BCUT2D eigenvalue weighted by Gasteiger charge is 2.03. The molecular formula is C11H10O2. The molecule has 0 radical (unpaired) electrons. The van der Waals surface area contributed by atoms with Crippen molar-refractivity contribution >= 4 is 5.97 Å². The molecule has 0 aliphatic rings. The number of rotatable bonds is 1. The highest BCUT2D eigenvalue weighted by atomic mass is 16.5. The van der Waals surface area contributed by atoms with Crippen molar-refractivity contribution in [2.45, 2.75) is 13.8 Å². The summed E-state index contributed by atoms with van der Waals surface area (Å²) in [6.45, 7) is 3.84. The first-order valence-corrected chi connectivity index (χ1v) is 3.89. The van der Waals surface area contributed by atoms with Crippen molar-refractivity contribution in [1.82, 2.24) is 0 Å². The molecule has 0 heterocycles. The van der Waals surface area contributed by atoms with E-state index in [0.717, 1.165) is 11.1 Å². The smallest absolute Gasteiger partial charge is 0.389 e. The Labute approximate surface area is 77.5 Å². The number of carbonyl (C=O) groups is 1. The van der Waals surface area contributed by atoms with Crippen LogP contribution in [0.25, 0.3) is 0 Å². The second-order valence-corrected chi connectivity index (χ2v) is 2.80. The van der Waals surface area contributed by atoms with E-state index < -0.39 is 5.97 Å². The average molecular weight is 174 g/mol. The molecule has 13 heavy (non-hydrogen) atoms. The lowest BCUT2D eigenvalue weighted by Gasteiger charge is -2.04. The molecule has 1 rings (SSSR count). The zero-order valence-electron chi connectivity index (χ0n) is 7.63. The molecule has 66 valence electrons. The number of hydrogen-bond acceptors (Lipinski definition) is 2. The number of terminal acetylenes is 1. The predicted octanol–water partition coefficient (Wildman–Crippen LogP) is 1.84. The fraction of sp³-hybridized carbons (Fsp3) is 0.182. The van der Waals surface area contributed by atoms with E-state index >= 15 is 0 Å². The van der Waals surface area contributed by atoms with Crippen molar-refractivity contribution < 1.29 is 9.53 Å². The fourth-order valence-electron chi connectivity index (χ4n) is 1.04. The van der Waals surface area contributed by atoms with E-state index in [-0.39, 0.29) is 0 Å². The topological polar surface area (TPSA) is 26.3 Å². The van der Waals surface area contributed by atoms with Crippen molar-refractivity contribution in [3.8, 4) is 18.1 Å². The Morgan fingerprint density at radius 1 is 1.46 bits per heavy atom. The Bertz CT molecular complexity index is 372. The second-order valence-electron chi connectivity index (χ2n) is 2.80. The van der Waals surface area contributed by atoms with Crippen LogP contribution in [0.5, 0.6) is 5.75 Å². The summed E-state index contributed by atoms with van der Waals surface area (Å²) >= 11 is 0. The average Bonchev–Trinajstić information content (AvgIpc) is 2.09. The number of hydrogen-bond donors (Lipinski definition) is 0. The molecule has 0 bridgehead atoms. The fourth-order valence-corrected chi connectivity index (χ4v) is 1.04. The van der Waals surface area contributed by atoms with Crippen molar-refractivity contribution in [3.63, 3.8) is 0 Å².